The van der Waals surface area contributed by atoms with E-state index >= 15 is 0 Å². The van der Waals surface area contributed by atoms with Gasteiger partial charge in [-0.15, -0.1) is 0 Å². The lowest BCUT2D eigenvalue weighted by Gasteiger charge is -2.36. The summed E-state index contributed by atoms with van der Waals surface area (Å²) in [4.78, 5) is 16.1. The molecule has 4 heteroatoms. The number of carboxylic acids is 1. The van der Waals surface area contributed by atoms with Gasteiger partial charge < -0.3 is 10.1 Å². The molecule has 1 fully saturated rings. The van der Waals surface area contributed by atoms with Crippen molar-refractivity contribution < 1.29 is 9.90 Å². The fraction of sp³-hybridized carbons (Fsp3) is 0.308. The summed E-state index contributed by atoms with van der Waals surface area (Å²) in [7, 11) is 0. The molecule has 17 heavy (non-hydrogen) atoms. The normalized spacial score (nSPS) is 17.2. The van der Waals surface area contributed by atoms with Crippen LogP contribution >= 0.6 is 0 Å². The molecule has 88 valence electrons. The van der Waals surface area contributed by atoms with Crippen LogP contribution in [0.2, 0.25) is 0 Å². The summed E-state index contributed by atoms with van der Waals surface area (Å²) in [6.07, 6.45) is 2.01. The van der Waals surface area contributed by atoms with Crippen LogP contribution in [0.3, 0.4) is 0 Å². The van der Waals surface area contributed by atoms with E-state index in [1.54, 1.807) is 0 Å². The molecule has 0 unspecified atom stereocenters. The molecule has 1 aliphatic heterocycles. The largest absolute Gasteiger partial charge is 0.481 e. The van der Waals surface area contributed by atoms with Crippen molar-refractivity contribution in [2.24, 2.45) is 5.92 Å². The molecule has 0 aliphatic carbocycles. The molecule has 2 aromatic rings. The molecule has 0 amide bonds. The van der Waals surface area contributed by atoms with Crippen molar-refractivity contribution in [2.75, 3.05) is 13.1 Å². The van der Waals surface area contributed by atoms with Crippen molar-refractivity contribution in [2.45, 2.75) is 6.54 Å². The summed E-state index contributed by atoms with van der Waals surface area (Å²) in [6, 6.07) is 8.17. The number of benzene rings is 1. The highest BCUT2D eigenvalue weighted by Crippen LogP contribution is 2.23. The molecule has 0 bridgehead atoms. The maximum Gasteiger partial charge on any atom is 0.309 e. The number of hydrogen-bond donors (Lipinski definition) is 2. The number of aliphatic carboxylic acids is 1. The van der Waals surface area contributed by atoms with E-state index in [2.05, 4.69) is 22.0 Å². The molecular formula is C13H14N2O2. The summed E-state index contributed by atoms with van der Waals surface area (Å²) in [5, 5.41) is 10.0. The smallest absolute Gasteiger partial charge is 0.309 e. The van der Waals surface area contributed by atoms with Gasteiger partial charge in [0.15, 0.2) is 0 Å². The molecular weight excluding hydrogens is 216 g/mol. The van der Waals surface area contributed by atoms with Gasteiger partial charge in [-0.05, 0) is 11.6 Å². The maximum absolute atomic E-state index is 10.7. The predicted molar refractivity (Wildman–Crippen MR) is 64.7 cm³/mol. The Morgan fingerprint density at radius 2 is 2.18 bits per heavy atom. The van der Waals surface area contributed by atoms with Crippen molar-refractivity contribution in [3.63, 3.8) is 0 Å². The summed E-state index contributed by atoms with van der Waals surface area (Å²) in [5.41, 5.74) is 2.38. The van der Waals surface area contributed by atoms with Crippen molar-refractivity contribution in [1.82, 2.24) is 9.88 Å². The number of aromatic nitrogens is 1. The Labute approximate surface area is 98.9 Å². The van der Waals surface area contributed by atoms with Gasteiger partial charge in [-0.1, -0.05) is 18.2 Å². The van der Waals surface area contributed by atoms with Gasteiger partial charge in [-0.2, -0.15) is 0 Å². The molecule has 0 spiro atoms. The van der Waals surface area contributed by atoms with Crippen LogP contribution < -0.4 is 0 Å². The van der Waals surface area contributed by atoms with E-state index in [0.717, 1.165) is 12.1 Å². The van der Waals surface area contributed by atoms with Gasteiger partial charge in [0, 0.05) is 36.7 Å². The lowest BCUT2D eigenvalue weighted by Crippen LogP contribution is -2.49. The average molecular weight is 230 g/mol. The second kappa shape index (κ2) is 3.89. The topological polar surface area (TPSA) is 56.3 Å². The van der Waals surface area contributed by atoms with Crippen LogP contribution in [0.25, 0.3) is 10.9 Å². The Morgan fingerprint density at radius 1 is 1.41 bits per heavy atom. The number of para-hydroxylation sites is 1. The Morgan fingerprint density at radius 3 is 2.94 bits per heavy atom. The minimum Gasteiger partial charge on any atom is -0.481 e. The zero-order chi connectivity index (χ0) is 11.8. The SMILES string of the molecule is O=C(O)C1CN(Cc2c[nH]c3ccccc23)C1. The van der Waals surface area contributed by atoms with E-state index in [4.69, 9.17) is 5.11 Å². The molecule has 2 heterocycles. The highest BCUT2D eigenvalue weighted by molar-refractivity contribution is 5.83. The summed E-state index contributed by atoms with van der Waals surface area (Å²) < 4.78 is 0. The molecule has 0 saturated carbocycles. The highest BCUT2D eigenvalue weighted by Gasteiger charge is 2.32. The third-order valence-electron chi connectivity index (χ3n) is 3.38. The zero-order valence-corrected chi connectivity index (χ0v) is 9.39. The Balaban J connectivity index is 1.72. The standard InChI is InChI=1S/C13H14N2O2/c16-13(17)10-7-15(8-10)6-9-5-14-12-4-2-1-3-11(9)12/h1-5,10,14H,6-8H2,(H,16,17). The van der Waals surface area contributed by atoms with Crippen molar-refractivity contribution >= 4 is 16.9 Å². The first kappa shape index (κ1) is 10.4. The van der Waals surface area contributed by atoms with E-state index in [1.165, 1.54) is 10.9 Å². The minimum atomic E-state index is -0.680. The fourth-order valence-electron chi connectivity index (χ4n) is 2.36. The second-order valence-corrected chi connectivity index (χ2v) is 4.59. The molecule has 3 rings (SSSR count). The molecule has 0 radical (unpaired) electrons. The molecule has 1 aromatic heterocycles. The number of likely N-dealkylation sites (tertiary alicyclic amines) is 1. The van der Waals surface area contributed by atoms with E-state index in [9.17, 15) is 4.79 Å². The number of nitrogens with zero attached hydrogens (tertiary/aromatic N) is 1. The van der Waals surface area contributed by atoms with Gasteiger partial charge in [-0.3, -0.25) is 9.69 Å². The number of hydrogen-bond acceptors (Lipinski definition) is 2. The molecule has 4 nitrogen and oxygen atoms in total. The third-order valence-corrected chi connectivity index (χ3v) is 3.38. The lowest BCUT2D eigenvalue weighted by atomic mass is 9.99. The number of rotatable bonds is 3. The number of H-pyrrole nitrogens is 1. The molecule has 2 N–H and O–H groups in total. The van der Waals surface area contributed by atoms with Gasteiger partial charge in [-0.25, -0.2) is 0 Å². The molecule has 1 aromatic carbocycles. The summed E-state index contributed by atoms with van der Waals surface area (Å²) >= 11 is 0. The highest BCUT2D eigenvalue weighted by atomic mass is 16.4. The number of nitrogens with one attached hydrogen (secondary N) is 1. The van der Waals surface area contributed by atoms with E-state index in [1.807, 2.05) is 18.3 Å². The molecule has 1 aliphatic rings. The van der Waals surface area contributed by atoms with Gasteiger partial charge in [0.1, 0.15) is 0 Å². The van der Waals surface area contributed by atoms with E-state index in [0.29, 0.717) is 13.1 Å². The Hall–Kier alpha value is -1.81. The quantitative estimate of drug-likeness (QED) is 0.843. The van der Waals surface area contributed by atoms with E-state index in [-0.39, 0.29) is 5.92 Å². The number of fused-ring (bicyclic) bond motifs is 1. The summed E-state index contributed by atoms with van der Waals surface area (Å²) in [6.45, 7) is 2.15. The molecule has 1 saturated heterocycles. The second-order valence-electron chi connectivity index (χ2n) is 4.59. The van der Waals surface area contributed by atoms with Crippen LogP contribution in [-0.4, -0.2) is 34.0 Å². The van der Waals surface area contributed by atoms with Crippen LogP contribution in [0.5, 0.6) is 0 Å². The predicted octanol–water partition coefficient (Wildman–Crippen LogP) is 1.68. The Bertz CT molecular complexity index is 555. The molecule has 0 atom stereocenters. The first-order chi connectivity index (χ1) is 8.24. The fourth-order valence-corrected chi connectivity index (χ4v) is 2.36. The third kappa shape index (κ3) is 1.80. The van der Waals surface area contributed by atoms with Crippen LogP contribution in [0.1, 0.15) is 5.56 Å². The average Bonchev–Trinajstić information content (AvgIpc) is 2.65. The van der Waals surface area contributed by atoms with E-state index < -0.39 is 5.97 Å². The van der Waals surface area contributed by atoms with Crippen LogP contribution in [0, 0.1) is 5.92 Å². The first-order valence-electron chi connectivity index (χ1n) is 5.74. The van der Waals surface area contributed by atoms with Crippen LogP contribution in [0.15, 0.2) is 30.5 Å². The van der Waals surface area contributed by atoms with Gasteiger partial charge in [0.25, 0.3) is 0 Å². The monoisotopic (exact) mass is 230 g/mol. The van der Waals surface area contributed by atoms with Gasteiger partial charge in [0.05, 0.1) is 5.92 Å². The van der Waals surface area contributed by atoms with Gasteiger partial charge in [0.2, 0.25) is 0 Å². The number of aromatic amines is 1. The number of carbonyl (C=O) groups is 1. The minimum absolute atomic E-state index is 0.180. The van der Waals surface area contributed by atoms with Crippen molar-refractivity contribution in [3.8, 4) is 0 Å². The van der Waals surface area contributed by atoms with Gasteiger partial charge >= 0.3 is 5.97 Å². The lowest BCUT2D eigenvalue weighted by molar-refractivity contribution is -0.147. The number of carboxylic acid groups (broad SMARTS) is 1. The Kier molecular flexibility index (Phi) is 2.37. The maximum atomic E-state index is 10.7. The van der Waals surface area contributed by atoms with Crippen molar-refractivity contribution in [1.29, 1.82) is 0 Å². The summed E-state index contributed by atoms with van der Waals surface area (Å²) in [5.74, 6) is -0.861. The zero-order valence-electron chi connectivity index (χ0n) is 9.39. The van der Waals surface area contributed by atoms with Crippen molar-refractivity contribution in [3.05, 3.63) is 36.0 Å². The van der Waals surface area contributed by atoms with Crippen LogP contribution in [-0.2, 0) is 11.3 Å². The first-order valence-corrected chi connectivity index (χ1v) is 5.74. The van der Waals surface area contributed by atoms with Crippen LogP contribution in [0.4, 0.5) is 0 Å².